The topological polar surface area (TPSA) is 27.8 Å². The minimum atomic E-state index is 0.563. The molecule has 1 aliphatic carbocycles. The predicted octanol–water partition coefficient (Wildman–Crippen LogP) is 3.94. The molecule has 1 aliphatic rings. The Hall–Kier alpha value is -0.700. The highest BCUT2D eigenvalue weighted by molar-refractivity contribution is 6.38. The van der Waals surface area contributed by atoms with Crippen LogP contribution in [0.4, 0.5) is 0 Å². The normalized spacial score (nSPS) is 19.2. The molecule has 0 saturated heterocycles. The zero-order chi connectivity index (χ0) is 12.7. The van der Waals surface area contributed by atoms with Crippen molar-refractivity contribution in [1.29, 1.82) is 0 Å². The van der Waals surface area contributed by atoms with Gasteiger partial charge in [0.25, 0.3) is 0 Å². The highest BCUT2D eigenvalue weighted by atomic mass is 35.5. The van der Waals surface area contributed by atoms with E-state index in [-0.39, 0.29) is 0 Å². The van der Waals surface area contributed by atoms with Crippen LogP contribution in [0.15, 0.2) is 12.1 Å². The van der Waals surface area contributed by atoms with Gasteiger partial charge in [-0.2, -0.15) is 0 Å². The average Bonchev–Trinajstić information content (AvgIpc) is 2.66. The highest BCUT2D eigenvalue weighted by Gasteiger charge is 2.23. The molecule has 1 heterocycles. The Morgan fingerprint density at radius 3 is 3.00 bits per heavy atom. The van der Waals surface area contributed by atoms with Crippen molar-refractivity contribution in [1.82, 2.24) is 10.3 Å². The SMILES string of the molecule is CCNC1CCc2[nH]c3cc(Cl)cc(Cl)c3c2C1. The molecule has 0 bridgehead atoms. The van der Waals surface area contributed by atoms with Crippen molar-refractivity contribution in [3.8, 4) is 0 Å². The van der Waals surface area contributed by atoms with Crippen LogP contribution in [0.2, 0.25) is 10.0 Å². The second-order valence-corrected chi connectivity index (χ2v) is 5.73. The van der Waals surface area contributed by atoms with E-state index in [0.717, 1.165) is 35.3 Å². The van der Waals surface area contributed by atoms with Crippen LogP contribution in [0.25, 0.3) is 10.9 Å². The standard InChI is InChI=1S/C14H16Cl2N2/c1-2-17-9-3-4-12-10(7-9)14-11(16)5-8(15)6-13(14)18-12/h5-6,9,17-18H,2-4,7H2,1H3. The van der Waals surface area contributed by atoms with E-state index in [1.807, 2.05) is 12.1 Å². The van der Waals surface area contributed by atoms with Crippen LogP contribution in [0, 0.1) is 0 Å². The maximum Gasteiger partial charge on any atom is 0.0517 e. The average molecular weight is 283 g/mol. The maximum atomic E-state index is 6.34. The molecule has 2 nitrogen and oxygen atoms in total. The Kier molecular flexibility index (Phi) is 3.27. The third-order valence-electron chi connectivity index (χ3n) is 3.69. The summed E-state index contributed by atoms with van der Waals surface area (Å²) in [5.74, 6) is 0. The van der Waals surface area contributed by atoms with Crippen molar-refractivity contribution >= 4 is 34.1 Å². The molecular formula is C14H16Cl2N2. The summed E-state index contributed by atoms with van der Waals surface area (Å²) in [6.07, 6.45) is 3.30. The fraction of sp³-hybridized carbons (Fsp3) is 0.429. The molecule has 2 N–H and O–H groups in total. The van der Waals surface area contributed by atoms with Crippen LogP contribution in [0.5, 0.6) is 0 Å². The van der Waals surface area contributed by atoms with E-state index in [1.165, 1.54) is 17.7 Å². The van der Waals surface area contributed by atoms with E-state index in [2.05, 4.69) is 17.2 Å². The number of rotatable bonds is 2. The van der Waals surface area contributed by atoms with Gasteiger partial charge in [0.05, 0.1) is 5.02 Å². The quantitative estimate of drug-likeness (QED) is 0.858. The van der Waals surface area contributed by atoms with Crippen LogP contribution in [-0.4, -0.2) is 17.6 Å². The molecule has 1 atom stereocenters. The summed E-state index contributed by atoms with van der Waals surface area (Å²) in [4.78, 5) is 3.46. The summed E-state index contributed by atoms with van der Waals surface area (Å²) < 4.78 is 0. The van der Waals surface area contributed by atoms with Gasteiger partial charge in [0, 0.05) is 27.7 Å². The zero-order valence-corrected chi connectivity index (χ0v) is 11.8. The highest BCUT2D eigenvalue weighted by Crippen LogP contribution is 2.35. The van der Waals surface area contributed by atoms with Crippen molar-refractivity contribution in [2.24, 2.45) is 0 Å². The van der Waals surface area contributed by atoms with Gasteiger partial charge in [0.15, 0.2) is 0 Å². The Labute approximate surface area is 117 Å². The number of H-pyrrole nitrogens is 1. The first kappa shape index (κ1) is 12.3. The minimum absolute atomic E-state index is 0.563. The van der Waals surface area contributed by atoms with Crippen molar-refractivity contribution in [3.05, 3.63) is 33.4 Å². The zero-order valence-electron chi connectivity index (χ0n) is 10.3. The molecule has 0 fully saturated rings. The first-order chi connectivity index (χ1) is 8.69. The molecule has 0 aliphatic heterocycles. The molecule has 1 aromatic heterocycles. The van der Waals surface area contributed by atoms with Crippen LogP contribution in [-0.2, 0) is 12.8 Å². The van der Waals surface area contributed by atoms with Gasteiger partial charge in [0.2, 0.25) is 0 Å². The molecule has 0 amide bonds. The first-order valence-corrected chi connectivity index (χ1v) is 7.16. The lowest BCUT2D eigenvalue weighted by Crippen LogP contribution is -2.34. The number of benzene rings is 1. The van der Waals surface area contributed by atoms with E-state index in [0.29, 0.717) is 11.1 Å². The van der Waals surface area contributed by atoms with Gasteiger partial charge in [0.1, 0.15) is 0 Å². The Bertz CT molecular complexity index is 589. The molecular weight excluding hydrogens is 267 g/mol. The summed E-state index contributed by atoms with van der Waals surface area (Å²) in [7, 11) is 0. The molecule has 18 heavy (non-hydrogen) atoms. The molecule has 0 radical (unpaired) electrons. The van der Waals surface area contributed by atoms with Crippen LogP contribution >= 0.6 is 23.2 Å². The van der Waals surface area contributed by atoms with E-state index in [4.69, 9.17) is 23.2 Å². The summed E-state index contributed by atoms with van der Waals surface area (Å²) in [6.45, 7) is 3.17. The lowest BCUT2D eigenvalue weighted by Gasteiger charge is -2.23. The van der Waals surface area contributed by atoms with Crippen molar-refractivity contribution in [2.45, 2.75) is 32.2 Å². The number of aromatic amines is 1. The summed E-state index contributed by atoms with van der Waals surface area (Å²) in [5, 5.41) is 6.13. The molecule has 4 heteroatoms. The number of fused-ring (bicyclic) bond motifs is 3. The second kappa shape index (κ2) is 4.76. The Balaban J connectivity index is 2.10. The van der Waals surface area contributed by atoms with Gasteiger partial charge in [-0.3, -0.25) is 0 Å². The number of nitrogens with one attached hydrogen (secondary N) is 2. The smallest absolute Gasteiger partial charge is 0.0517 e. The molecule has 1 aromatic carbocycles. The maximum absolute atomic E-state index is 6.34. The van der Waals surface area contributed by atoms with Gasteiger partial charge in [-0.1, -0.05) is 30.1 Å². The van der Waals surface area contributed by atoms with Gasteiger partial charge in [-0.15, -0.1) is 0 Å². The third-order valence-corrected chi connectivity index (χ3v) is 4.21. The fourth-order valence-corrected chi connectivity index (χ4v) is 3.54. The van der Waals surface area contributed by atoms with Gasteiger partial charge >= 0.3 is 0 Å². The number of hydrogen-bond donors (Lipinski definition) is 2. The summed E-state index contributed by atoms with van der Waals surface area (Å²) in [6, 6.07) is 4.35. The molecule has 0 saturated carbocycles. The molecule has 96 valence electrons. The summed E-state index contributed by atoms with van der Waals surface area (Å²) >= 11 is 12.4. The molecule has 3 rings (SSSR count). The number of halogens is 2. The number of likely N-dealkylation sites (N-methyl/N-ethyl adjacent to an activating group) is 1. The third kappa shape index (κ3) is 2.03. The second-order valence-electron chi connectivity index (χ2n) is 4.89. The number of hydrogen-bond acceptors (Lipinski definition) is 1. The minimum Gasteiger partial charge on any atom is -0.358 e. The molecule has 2 aromatic rings. The largest absolute Gasteiger partial charge is 0.358 e. The van der Waals surface area contributed by atoms with E-state index in [1.54, 1.807) is 0 Å². The van der Waals surface area contributed by atoms with Gasteiger partial charge < -0.3 is 10.3 Å². The van der Waals surface area contributed by atoms with Crippen LogP contribution in [0.3, 0.4) is 0 Å². The fourth-order valence-electron chi connectivity index (χ4n) is 2.94. The monoisotopic (exact) mass is 282 g/mol. The lowest BCUT2D eigenvalue weighted by molar-refractivity contribution is 0.470. The van der Waals surface area contributed by atoms with Crippen LogP contribution in [0.1, 0.15) is 24.6 Å². The number of aryl methyl sites for hydroxylation is 1. The Morgan fingerprint density at radius 1 is 1.39 bits per heavy atom. The lowest BCUT2D eigenvalue weighted by atomic mass is 9.91. The van der Waals surface area contributed by atoms with Crippen molar-refractivity contribution in [2.75, 3.05) is 6.54 Å². The molecule has 0 spiro atoms. The number of aromatic nitrogens is 1. The van der Waals surface area contributed by atoms with Gasteiger partial charge in [-0.05, 0) is 43.5 Å². The Morgan fingerprint density at radius 2 is 2.22 bits per heavy atom. The first-order valence-electron chi connectivity index (χ1n) is 6.41. The van der Waals surface area contributed by atoms with Crippen molar-refractivity contribution < 1.29 is 0 Å². The van der Waals surface area contributed by atoms with Crippen molar-refractivity contribution in [3.63, 3.8) is 0 Å². The van der Waals surface area contributed by atoms with E-state index < -0.39 is 0 Å². The predicted molar refractivity (Wildman–Crippen MR) is 77.8 cm³/mol. The van der Waals surface area contributed by atoms with E-state index >= 15 is 0 Å². The summed E-state index contributed by atoms with van der Waals surface area (Å²) in [5.41, 5.74) is 3.75. The van der Waals surface area contributed by atoms with E-state index in [9.17, 15) is 0 Å². The molecule has 1 unspecified atom stereocenters. The van der Waals surface area contributed by atoms with Crippen LogP contribution < -0.4 is 5.32 Å². The van der Waals surface area contributed by atoms with Gasteiger partial charge in [-0.25, -0.2) is 0 Å².